The summed E-state index contributed by atoms with van der Waals surface area (Å²) in [6.07, 6.45) is 2.29. The lowest BCUT2D eigenvalue weighted by Crippen LogP contribution is -2.38. The summed E-state index contributed by atoms with van der Waals surface area (Å²) in [6, 6.07) is 39.0. The van der Waals surface area contributed by atoms with Crippen molar-refractivity contribution in [1.29, 1.82) is 0 Å². The molecular formula is C28H22BrN. The molecule has 0 amide bonds. The summed E-state index contributed by atoms with van der Waals surface area (Å²) >= 11 is 3.64. The Bertz CT molecular complexity index is 1190. The zero-order chi connectivity index (χ0) is 20.6. The highest BCUT2D eigenvalue weighted by atomic mass is 79.9. The van der Waals surface area contributed by atoms with Gasteiger partial charge in [0.1, 0.15) is 5.54 Å². The molecule has 1 aromatic heterocycles. The second-order valence-electron chi connectivity index (χ2n) is 7.62. The molecule has 0 fully saturated rings. The number of aromatic nitrogens is 1. The van der Waals surface area contributed by atoms with E-state index < -0.39 is 5.54 Å². The Morgan fingerprint density at radius 1 is 0.633 bits per heavy atom. The average Bonchev–Trinajstić information content (AvgIpc) is 3.12. The quantitative estimate of drug-likeness (QED) is 0.248. The standard InChI is InChI=1S/C28H22BrN/c1-21-27-18-17-26(29)19-22(27)20-30(21)28(23-11-5-2-6-12-23,24-13-7-3-8-14-24)25-15-9-4-10-16-25/h2-20H,1H3. The number of nitrogens with zero attached hydrogens (tertiary/aromatic N) is 1. The summed E-state index contributed by atoms with van der Waals surface area (Å²) < 4.78 is 3.54. The van der Waals surface area contributed by atoms with Crippen LogP contribution in [-0.2, 0) is 5.54 Å². The summed E-state index contributed by atoms with van der Waals surface area (Å²) in [4.78, 5) is 0. The number of fused-ring (bicyclic) bond motifs is 1. The molecule has 0 spiro atoms. The lowest BCUT2D eigenvalue weighted by Gasteiger charge is -2.39. The Labute approximate surface area is 185 Å². The predicted octanol–water partition coefficient (Wildman–Crippen LogP) is 7.55. The van der Waals surface area contributed by atoms with Crippen molar-refractivity contribution in [2.45, 2.75) is 12.5 Å². The van der Waals surface area contributed by atoms with E-state index in [9.17, 15) is 0 Å². The summed E-state index contributed by atoms with van der Waals surface area (Å²) in [6.45, 7) is 2.22. The first kappa shape index (κ1) is 18.9. The van der Waals surface area contributed by atoms with E-state index in [2.05, 4.69) is 143 Å². The van der Waals surface area contributed by atoms with Crippen LogP contribution < -0.4 is 0 Å². The molecule has 0 unspecified atom stereocenters. The number of hydrogen-bond acceptors (Lipinski definition) is 0. The zero-order valence-corrected chi connectivity index (χ0v) is 18.4. The minimum atomic E-state index is -0.473. The Balaban J connectivity index is 1.96. The molecule has 0 radical (unpaired) electrons. The monoisotopic (exact) mass is 451 g/mol. The van der Waals surface area contributed by atoms with Crippen LogP contribution in [0.4, 0.5) is 0 Å². The number of aryl methyl sites for hydroxylation is 1. The van der Waals surface area contributed by atoms with E-state index in [4.69, 9.17) is 0 Å². The molecule has 0 aliphatic heterocycles. The van der Waals surface area contributed by atoms with E-state index in [0.717, 1.165) is 4.47 Å². The fourth-order valence-electron chi connectivity index (χ4n) is 4.64. The van der Waals surface area contributed by atoms with E-state index >= 15 is 0 Å². The van der Waals surface area contributed by atoms with E-state index in [1.165, 1.54) is 33.2 Å². The second kappa shape index (κ2) is 7.62. The number of halogens is 1. The average molecular weight is 452 g/mol. The molecule has 2 heteroatoms. The third-order valence-electron chi connectivity index (χ3n) is 5.97. The van der Waals surface area contributed by atoms with Gasteiger partial charge in [-0.25, -0.2) is 0 Å². The number of benzene rings is 4. The van der Waals surface area contributed by atoms with Crippen molar-refractivity contribution in [3.05, 3.63) is 142 Å². The molecule has 0 atom stereocenters. The molecule has 4 aromatic carbocycles. The molecule has 0 bridgehead atoms. The molecular weight excluding hydrogens is 430 g/mol. The maximum atomic E-state index is 3.64. The zero-order valence-electron chi connectivity index (χ0n) is 16.8. The van der Waals surface area contributed by atoms with Crippen LogP contribution in [0.1, 0.15) is 22.4 Å². The lowest BCUT2D eigenvalue weighted by molar-refractivity contribution is 0.508. The van der Waals surface area contributed by atoms with Gasteiger partial charge in [0.2, 0.25) is 0 Å². The van der Waals surface area contributed by atoms with Gasteiger partial charge in [0, 0.05) is 27.1 Å². The fraction of sp³-hybridized carbons (Fsp3) is 0.0714. The van der Waals surface area contributed by atoms with Crippen molar-refractivity contribution < 1.29 is 0 Å². The first-order valence-corrected chi connectivity index (χ1v) is 10.9. The molecule has 146 valence electrons. The summed E-state index contributed by atoms with van der Waals surface area (Å²) in [5.74, 6) is 0. The van der Waals surface area contributed by atoms with Gasteiger partial charge in [0.25, 0.3) is 0 Å². The van der Waals surface area contributed by atoms with Gasteiger partial charge in [0.05, 0.1) is 0 Å². The normalized spacial score (nSPS) is 11.7. The maximum Gasteiger partial charge on any atom is 0.120 e. The van der Waals surface area contributed by atoms with Crippen LogP contribution in [0.3, 0.4) is 0 Å². The van der Waals surface area contributed by atoms with Crippen LogP contribution in [0, 0.1) is 6.92 Å². The molecule has 5 aromatic rings. The largest absolute Gasteiger partial charge is 0.332 e. The van der Waals surface area contributed by atoms with E-state index in [0.29, 0.717) is 0 Å². The first-order valence-electron chi connectivity index (χ1n) is 10.2. The van der Waals surface area contributed by atoms with E-state index in [1.54, 1.807) is 0 Å². The van der Waals surface area contributed by atoms with Crippen LogP contribution in [0.5, 0.6) is 0 Å². The van der Waals surface area contributed by atoms with Crippen LogP contribution in [0.2, 0.25) is 0 Å². The van der Waals surface area contributed by atoms with Crippen molar-refractivity contribution in [2.24, 2.45) is 0 Å². The van der Waals surface area contributed by atoms with Gasteiger partial charge >= 0.3 is 0 Å². The van der Waals surface area contributed by atoms with Crippen molar-refractivity contribution in [3.8, 4) is 0 Å². The van der Waals surface area contributed by atoms with Crippen LogP contribution in [-0.4, -0.2) is 4.57 Å². The van der Waals surface area contributed by atoms with Crippen molar-refractivity contribution in [2.75, 3.05) is 0 Å². The van der Waals surface area contributed by atoms with Gasteiger partial charge in [-0.2, -0.15) is 0 Å². The molecule has 0 aliphatic rings. The summed E-state index contributed by atoms with van der Waals surface area (Å²) in [5.41, 5.74) is 4.49. The van der Waals surface area contributed by atoms with Gasteiger partial charge in [-0.1, -0.05) is 113 Å². The topological polar surface area (TPSA) is 4.93 Å². The minimum absolute atomic E-state index is 0.473. The SMILES string of the molecule is Cc1c2ccc(Br)cc2cn1C(c1ccccc1)(c1ccccc1)c1ccccc1. The lowest BCUT2D eigenvalue weighted by atomic mass is 9.76. The second-order valence-corrected chi connectivity index (χ2v) is 8.54. The minimum Gasteiger partial charge on any atom is -0.332 e. The highest BCUT2D eigenvalue weighted by Gasteiger charge is 2.39. The van der Waals surface area contributed by atoms with Gasteiger partial charge in [0.15, 0.2) is 0 Å². The predicted molar refractivity (Wildman–Crippen MR) is 129 cm³/mol. The summed E-state index contributed by atoms with van der Waals surface area (Å²) in [7, 11) is 0. The first-order chi connectivity index (χ1) is 14.7. The fourth-order valence-corrected chi connectivity index (χ4v) is 5.02. The molecule has 0 saturated heterocycles. The Morgan fingerprint density at radius 2 is 1.10 bits per heavy atom. The Kier molecular flexibility index (Phi) is 4.80. The van der Waals surface area contributed by atoms with Crippen LogP contribution in [0.15, 0.2) is 120 Å². The van der Waals surface area contributed by atoms with Gasteiger partial charge < -0.3 is 4.57 Å². The molecule has 1 nitrogen and oxygen atoms in total. The molecule has 5 rings (SSSR count). The Morgan fingerprint density at radius 3 is 1.57 bits per heavy atom. The third kappa shape index (κ3) is 2.91. The highest BCUT2D eigenvalue weighted by molar-refractivity contribution is 9.10. The van der Waals surface area contributed by atoms with Crippen molar-refractivity contribution in [3.63, 3.8) is 0 Å². The van der Waals surface area contributed by atoms with Gasteiger partial charge in [-0.3, -0.25) is 0 Å². The van der Waals surface area contributed by atoms with Crippen molar-refractivity contribution >= 4 is 26.7 Å². The van der Waals surface area contributed by atoms with Crippen molar-refractivity contribution in [1.82, 2.24) is 4.57 Å². The Hall–Kier alpha value is -3.10. The van der Waals surface area contributed by atoms with Gasteiger partial charge in [-0.15, -0.1) is 0 Å². The number of rotatable bonds is 4. The highest BCUT2D eigenvalue weighted by Crippen LogP contribution is 2.43. The summed E-state index contributed by atoms with van der Waals surface area (Å²) in [5, 5.41) is 2.50. The molecule has 0 aliphatic carbocycles. The molecule has 0 saturated carbocycles. The third-order valence-corrected chi connectivity index (χ3v) is 6.46. The van der Waals surface area contributed by atoms with E-state index in [1.807, 2.05) is 0 Å². The van der Waals surface area contributed by atoms with Crippen LogP contribution in [0.25, 0.3) is 10.8 Å². The van der Waals surface area contributed by atoms with Crippen LogP contribution >= 0.6 is 15.9 Å². The molecule has 0 N–H and O–H groups in total. The number of hydrogen-bond donors (Lipinski definition) is 0. The molecule has 30 heavy (non-hydrogen) atoms. The molecule has 1 heterocycles. The van der Waals surface area contributed by atoms with E-state index in [-0.39, 0.29) is 0 Å². The maximum absolute atomic E-state index is 3.64. The van der Waals surface area contributed by atoms with Gasteiger partial charge in [-0.05, 0) is 35.7 Å². The smallest absolute Gasteiger partial charge is 0.120 e.